The fourth-order valence-corrected chi connectivity index (χ4v) is 5.67. The summed E-state index contributed by atoms with van der Waals surface area (Å²) in [4.78, 5) is 0. The second-order valence-electron chi connectivity index (χ2n) is 9.99. The molecule has 0 unspecified atom stereocenters. The number of fused-ring (bicyclic) bond motifs is 3. The Balaban J connectivity index is 1.62. The van der Waals surface area contributed by atoms with E-state index in [0.29, 0.717) is 39.6 Å². The van der Waals surface area contributed by atoms with Crippen molar-refractivity contribution in [2.75, 3.05) is 39.6 Å². The fraction of sp³-hybridized carbons (Fsp3) is 0.314. The van der Waals surface area contributed by atoms with Crippen LogP contribution in [0.25, 0.3) is 11.1 Å². The van der Waals surface area contributed by atoms with Crippen LogP contribution >= 0.6 is 0 Å². The van der Waals surface area contributed by atoms with E-state index in [2.05, 4.69) is 98.8 Å². The lowest BCUT2D eigenvalue weighted by Gasteiger charge is -2.34. The Hall–Kier alpha value is -3.60. The van der Waals surface area contributed by atoms with Gasteiger partial charge in [0.15, 0.2) is 0 Å². The van der Waals surface area contributed by atoms with E-state index in [-0.39, 0.29) is 0 Å². The molecule has 0 saturated heterocycles. The summed E-state index contributed by atoms with van der Waals surface area (Å²) in [7, 11) is 0. The number of rotatable bonds is 12. The van der Waals surface area contributed by atoms with Crippen molar-refractivity contribution in [3.8, 4) is 22.6 Å². The third-order valence-electron chi connectivity index (χ3n) is 7.42. The maximum Gasteiger partial charge on any atom is 0.119 e. The standard InChI is InChI=1S/C35H38O4/c1-5-36-19-21-38-29-13-9-27(10-14-29)35(28-11-15-30(16-12-28)39-22-20-37-6-2)33-23-25(3)7-17-31(33)32-18-8-26(4)24-34(32)35/h7-18,23-24H,5-6,19-22H2,1-4H3. The van der Waals surface area contributed by atoms with Crippen LogP contribution in [0, 0.1) is 13.8 Å². The van der Waals surface area contributed by atoms with Crippen molar-refractivity contribution in [1.29, 1.82) is 0 Å². The van der Waals surface area contributed by atoms with Crippen LogP contribution in [0.5, 0.6) is 11.5 Å². The van der Waals surface area contributed by atoms with E-state index in [1.165, 1.54) is 44.5 Å². The first kappa shape index (κ1) is 27.0. The van der Waals surface area contributed by atoms with Gasteiger partial charge in [0, 0.05) is 13.2 Å². The molecule has 0 N–H and O–H groups in total. The van der Waals surface area contributed by atoms with Crippen LogP contribution in [0.1, 0.15) is 47.2 Å². The van der Waals surface area contributed by atoms with Crippen LogP contribution in [0.4, 0.5) is 0 Å². The van der Waals surface area contributed by atoms with E-state index in [1.54, 1.807) is 0 Å². The highest BCUT2D eigenvalue weighted by molar-refractivity contribution is 5.86. The van der Waals surface area contributed by atoms with E-state index in [4.69, 9.17) is 18.9 Å². The number of aryl methyl sites for hydroxylation is 2. The van der Waals surface area contributed by atoms with Crippen LogP contribution in [0.3, 0.4) is 0 Å². The van der Waals surface area contributed by atoms with Gasteiger partial charge in [-0.15, -0.1) is 0 Å². The van der Waals surface area contributed by atoms with Gasteiger partial charge < -0.3 is 18.9 Å². The number of benzene rings is 4. The normalized spacial score (nSPS) is 13.1. The molecule has 0 amide bonds. The summed E-state index contributed by atoms with van der Waals surface area (Å²) in [5.41, 5.74) is 9.62. The molecule has 0 aliphatic heterocycles. The molecule has 4 aromatic carbocycles. The van der Waals surface area contributed by atoms with E-state index in [0.717, 1.165) is 11.5 Å². The largest absolute Gasteiger partial charge is 0.491 e. The van der Waals surface area contributed by atoms with Crippen molar-refractivity contribution < 1.29 is 18.9 Å². The quantitative estimate of drug-likeness (QED) is 0.159. The molecule has 1 aliphatic rings. The van der Waals surface area contributed by atoms with Crippen LogP contribution < -0.4 is 9.47 Å². The molecule has 0 fully saturated rings. The maximum absolute atomic E-state index is 5.96. The lowest BCUT2D eigenvalue weighted by atomic mass is 9.67. The van der Waals surface area contributed by atoms with Gasteiger partial charge in [0.05, 0.1) is 18.6 Å². The fourth-order valence-electron chi connectivity index (χ4n) is 5.67. The highest BCUT2D eigenvalue weighted by atomic mass is 16.5. The first-order valence-corrected chi connectivity index (χ1v) is 13.9. The Kier molecular flexibility index (Phi) is 8.35. The van der Waals surface area contributed by atoms with Gasteiger partial charge in [-0.25, -0.2) is 0 Å². The minimum Gasteiger partial charge on any atom is -0.491 e. The first-order chi connectivity index (χ1) is 19.1. The smallest absolute Gasteiger partial charge is 0.119 e. The van der Waals surface area contributed by atoms with Gasteiger partial charge in [0.2, 0.25) is 0 Å². The molecule has 4 aromatic rings. The third-order valence-corrected chi connectivity index (χ3v) is 7.42. The molecule has 0 atom stereocenters. The zero-order chi connectivity index (χ0) is 27.2. The molecule has 1 aliphatic carbocycles. The average Bonchev–Trinajstić information content (AvgIpc) is 3.23. The maximum atomic E-state index is 5.96. The zero-order valence-corrected chi connectivity index (χ0v) is 23.5. The van der Waals surface area contributed by atoms with Gasteiger partial charge in [-0.1, -0.05) is 71.8 Å². The Morgan fingerprint density at radius 2 is 0.923 bits per heavy atom. The minimum absolute atomic E-state index is 0.462. The van der Waals surface area contributed by atoms with E-state index in [1.807, 2.05) is 13.8 Å². The molecule has 202 valence electrons. The predicted octanol–water partition coefficient (Wildman–Crippen LogP) is 7.50. The topological polar surface area (TPSA) is 36.9 Å². The van der Waals surface area contributed by atoms with Gasteiger partial charge in [0.25, 0.3) is 0 Å². The summed E-state index contributed by atoms with van der Waals surface area (Å²) in [5.74, 6) is 1.69. The Labute approximate surface area is 232 Å². The summed E-state index contributed by atoms with van der Waals surface area (Å²) >= 11 is 0. The van der Waals surface area contributed by atoms with E-state index < -0.39 is 5.41 Å². The van der Waals surface area contributed by atoms with Crippen molar-refractivity contribution >= 4 is 0 Å². The molecule has 0 saturated carbocycles. The number of hydrogen-bond donors (Lipinski definition) is 0. The van der Waals surface area contributed by atoms with Crippen molar-refractivity contribution in [3.05, 3.63) is 118 Å². The van der Waals surface area contributed by atoms with Gasteiger partial charge >= 0.3 is 0 Å². The van der Waals surface area contributed by atoms with Gasteiger partial charge in [-0.2, -0.15) is 0 Å². The predicted molar refractivity (Wildman–Crippen MR) is 157 cm³/mol. The molecule has 39 heavy (non-hydrogen) atoms. The summed E-state index contributed by atoms with van der Waals surface area (Å²) in [6.07, 6.45) is 0. The Morgan fingerprint density at radius 3 is 1.31 bits per heavy atom. The summed E-state index contributed by atoms with van der Waals surface area (Å²) in [6.45, 7) is 12.0. The monoisotopic (exact) mass is 522 g/mol. The second kappa shape index (κ2) is 12.1. The number of ether oxygens (including phenoxy) is 4. The van der Waals surface area contributed by atoms with Crippen molar-refractivity contribution in [1.82, 2.24) is 0 Å². The van der Waals surface area contributed by atoms with Crippen LogP contribution in [0.2, 0.25) is 0 Å². The van der Waals surface area contributed by atoms with E-state index in [9.17, 15) is 0 Å². The van der Waals surface area contributed by atoms with Gasteiger partial charge in [-0.05, 0) is 85.3 Å². The third kappa shape index (κ3) is 5.32. The molecule has 0 aromatic heterocycles. The molecule has 0 heterocycles. The summed E-state index contributed by atoms with van der Waals surface area (Å²) < 4.78 is 22.8. The SMILES string of the molecule is CCOCCOc1ccc(C2(c3ccc(OCCOCC)cc3)c3cc(C)ccc3-c3ccc(C)cc32)cc1. The van der Waals surface area contributed by atoms with Crippen molar-refractivity contribution in [2.45, 2.75) is 33.1 Å². The highest BCUT2D eigenvalue weighted by Gasteiger charge is 2.46. The number of hydrogen-bond acceptors (Lipinski definition) is 4. The molecular formula is C35H38O4. The van der Waals surface area contributed by atoms with Gasteiger partial charge in [-0.3, -0.25) is 0 Å². The molecular weight excluding hydrogens is 484 g/mol. The molecule has 0 bridgehead atoms. The van der Waals surface area contributed by atoms with E-state index >= 15 is 0 Å². The molecule has 5 rings (SSSR count). The average molecular weight is 523 g/mol. The van der Waals surface area contributed by atoms with Crippen molar-refractivity contribution in [3.63, 3.8) is 0 Å². The highest BCUT2D eigenvalue weighted by Crippen LogP contribution is 2.56. The Morgan fingerprint density at radius 1 is 0.513 bits per heavy atom. The minimum atomic E-state index is -0.462. The first-order valence-electron chi connectivity index (χ1n) is 13.9. The zero-order valence-electron chi connectivity index (χ0n) is 23.5. The molecule has 0 spiro atoms. The second-order valence-corrected chi connectivity index (χ2v) is 9.99. The lowest BCUT2D eigenvalue weighted by Crippen LogP contribution is -2.28. The van der Waals surface area contributed by atoms with Crippen LogP contribution in [-0.2, 0) is 14.9 Å². The molecule has 0 radical (unpaired) electrons. The summed E-state index contributed by atoms with van der Waals surface area (Å²) in [6, 6.07) is 30.9. The van der Waals surface area contributed by atoms with Gasteiger partial charge in [0.1, 0.15) is 24.7 Å². The summed E-state index contributed by atoms with van der Waals surface area (Å²) in [5, 5.41) is 0. The lowest BCUT2D eigenvalue weighted by molar-refractivity contribution is 0.110. The van der Waals surface area contributed by atoms with Crippen LogP contribution in [-0.4, -0.2) is 39.6 Å². The molecule has 4 heteroatoms. The van der Waals surface area contributed by atoms with Crippen LogP contribution in [0.15, 0.2) is 84.9 Å². The Bertz CT molecular complexity index is 1280. The van der Waals surface area contributed by atoms with Crippen molar-refractivity contribution in [2.24, 2.45) is 0 Å². The molecule has 4 nitrogen and oxygen atoms in total.